The summed E-state index contributed by atoms with van der Waals surface area (Å²) in [6.07, 6.45) is 7.82. The maximum atomic E-state index is 12.7. The third-order valence-corrected chi connectivity index (χ3v) is 5.86. The van der Waals surface area contributed by atoms with Gasteiger partial charge >= 0.3 is 0 Å². The van der Waals surface area contributed by atoms with Gasteiger partial charge in [-0.25, -0.2) is 4.98 Å². The Kier molecular flexibility index (Phi) is 4.35. The SMILES string of the molecule is O=C(NC1CCn2cncc2C1)c1ccc(N2CCCc3ccccc32)cc1. The van der Waals surface area contributed by atoms with Crippen molar-refractivity contribution in [1.29, 1.82) is 0 Å². The van der Waals surface area contributed by atoms with E-state index in [0.717, 1.165) is 44.5 Å². The van der Waals surface area contributed by atoms with Crippen molar-refractivity contribution >= 4 is 17.3 Å². The highest BCUT2D eigenvalue weighted by atomic mass is 16.1. The second-order valence-electron chi connectivity index (χ2n) is 7.67. The smallest absolute Gasteiger partial charge is 0.251 e. The predicted octanol–water partition coefficient (Wildman–Crippen LogP) is 3.71. The van der Waals surface area contributed by atoms with Crippen LogP contribution in [0.3, 0.4) is 0 Å². The number of nitrogens with one attached hydrogen (secondary N) is 1. The molecule has 0 aliphatic carbocycles. The van der Waals surface area contributed by atoms with Crippen LogP contribution in [-0.2, 0) is 19.4 Å². The molecule has 5 nitrogen and oxygen atoms in total. The summed E-state index contributed by atoms with van der Waals surface area (Å²) in [5.41, 5.74) is 5.73. The first-order valence-corrected chi connectivity index (χ1v) is 10.0. The number of hydrogen-bond donors (Lipinski definition) is 1. The molecule has 1 unspecified atom stereocenters. The summed E-state index contributed by atoms with van der Waals surface area (Å²) in [5, 5.41) is 3.19. The van der Waals surface area contributed by atoms with Crippen LogP contribution in [0.2, 0.25) is 0 Å². The van der Waals surface area contributed by atoms with E-state index in [9.17, 15) is 4.79 Å². The number of imidazole rings is 1. The van der Waals surface area contributed by atoms with Crippen molar-refractivity contribution in [3.63, 3.8) is 0 Å². The minimum absolute atomic E-state index is 0.00330. The van der Waals surface area contributed by atoms with Crippen molar-refractivity contribution in [2.45, 2.75) is 38.3 Å². The molecule has 0 radical (unpaired) electrons. The predicted molar refractivity (Wildman–Crippen MR) is 110 cm³/mol. The first-order valence-electron chi connectivity index (χ1n) is 10.0. The van der Waals surface area contributed by atoms with Gasteiger partial charge in [0.05, 0.1) is 6.33 Å². The van der Waals surface area contributed by atoms with E-state index < -0.39 is 0 Å². The van der Waals surface area contributed by atoms with Crippen LogP contribution in [0.1, 0.15) is 34.5 Å². The summed E-state index contributed by atoms with van der Waals surface area (Å²) in [6.45, 7) is 1.92. The van der Waals surface area contributed by atoms with Crippen molar-refractivity contribution in [2.24, 2.45) is 0 Å². The van der Waals surface area contributed by atoms with Gasteiger partial charge in [-0.1, -0.05) is 18.2 Å². The van der Waals surface area contributed by atoms with Crippen LogP contribution in [0.15, 0.2) is 61.1 Å². The Labute approximate surface area is 165 Å². The highest BCUT2D eigenvalue weighted by molar-refractivity contribution is 5.94. The molecule has 0 bridgehead atoms. The molecule has 1 amide bonds. The Morgan fingerprint density at radius 2 is 1.93 bits per heavy atom. The molecule has 0 spiro atoms. The van der Waals surface area contributed by atoms with Gasteiger partial charge in [-0.3, -0.25) is 4.79 Å². The lowest BCUT2D eigenvalue weighted by atomic mass is 10.0. The second-order valence-corrected chi connectivity index (χ2v) is 7.67. The number of amides is 1. The molecular weight excluding hydrogens is 348 g/mol. The third-order valence-electron chi connectivity index (χ3n) is 5.86. The molecule has 1 aromatic heterocycles. The van der Waals surface area contributed by atoms with E-state index in [1.807, 2.05) is 24.7 Å². The van der Waals surface area contributed by atoms with Gasteiger partial charge in [0, 0.05) is 54.4 Å². The Bertz CT molecular complexity index is 992. The van der Waals surface area contributed by atoms with E-state index in [-0.39, 0.29) is 11.9 Å². The number of benzene rings is 2. The fourth-order valence-electron chi connectivity index (χ4n) is 4.36. The number of nitrogens with zero attached hydrogens (tertiary/aromatic N) is 3. The van der Waals surface area contributed by atoms with Crippen LogP contribution in [0.4, 0.5) is 11.4 Å². The van der Waals surface area contributed by atoms with E-state index in [2.05, 4.69) is 56.2 Å². The maximum Gasteiger partial charge on any atom is 0.251 e. The molecule has 0 fully saturated rings. The summed E-state index contributed by atoms with van der Waals surface area (Å²) in [6, 6.07) is 16.8. The molecule has 2 aliphatic heterocycles. The summed E-state index contributed by atoms with van der Waals surface area (Å²) in [7, 11) is 0. The molecule has 0 saturated heterocycles. The number of para-hydroxylation sites is 1. The van der Waals surface area contributed by atoms with Crippen LogP contribution in [0.25, 0.3) is 0 Å². The number of aryl methyl sites for hydroxylation is 2. The van der Waals surface area contributed by atoms with E-state index in [1.165, 1.54) is 16.9 Å². The van der Waals surface area contributed by atoms with Crippen LogP contribution in [0, 0.1) is 0 Å². The van der Waals surface area contributed by atoms with Crippen LogP contribution < -0.4 is 10.2 Å². The van der Waals surface area contributed by atoms with Gasteiger partial charge in [-0.05, 0) is 55.2 Å². The highest BCUT2D eigenvalue weighted by Gasteiger charge is 2.21. The first-order chi connectivity index (χ1) is 13.8. The topological polar surface area (TPSA) is 50.2 Å². The number of aromatic nitrogens is 2. The van der Waals surface area contributed by atoms with Crippen LogP contribution >= 0.6 is 0 Å². The summed E-state index contributed by atoms with van der Waals surface area (Å²) in [5.74, 6) is 0.00330. The van der Waals surface area contributed by atoms with E-state index in [1.54, 1.807) is 0 Å². The van der Waals surface area contributed by atoms with Gasteiger partial charge in [0.15, 0.2) is 0 Å². The Balaban J connectivity index is 1.29. The van der Waals surface area contributed by atoms with Crippen LogP contribution in [0.5, 0.6) is 0 Å². The number of anilines is 2. The fourth-order valence-corrected chi connectivity index (χ4v) is 4.36. The molecule has 1 atom stereocenters. The van der Waals surface area contributed by atoms with Crippen LogP contribution in [-0.4, -0.2) is 28.0 Å². The number of fused-ring (bicyclic) bond motifs is 2. The van der Waals surface area contributed by atoms with Gasteiger partial charge in [0.25, 0.3) is 5.91 Å². The molecule has 3 heterocycles. The number of carbonyl (C=O) groups is 1. The Hall–Kier alpha value is -3.08. The summed E-state index contributed by atoms with van der Waals surface area (Å²) >= 11 is 0. The van der Waals surface area contributed by atoms with E-state index in [4.69, 9.17) is 0 Å². The molecule has 5 heteroatoms. The van der Waals surface area contributed by atoms with Gasteiger partial charge in [-0.2, -0.15) is 0 Å². The summed E-state index contributed by atoms with van der Waals surface area (Å²) < 4.78 is 2.16. The molecule has 0 saturated carbocycles. The molecule has 142 valence electrons. The Morgan fingerprint density at radius 3 is 2.82 bits per heavy atom. The van der Waals surface area contributed by atoms with Crippen molar-refractivity contribution in [2.75, 3.05) is 11.4 Å². The van der Waals surface area contributed by atoms with Crippen molar-refractivity contribution in [3.8, 4) is 0 Å². The minimum Gasteiger partial charge on any atom is -0.349 e. The monoisotopic (exact) mass is 372 g/mol. The highest BCUT2D eigenvalue weighted by Crippen LogP contribution is 2.33. The quantitative estimate of drug-likeness (QED) is 0.762. The molecule has 1 N–H and O–H groups in total. The first kappa shape index (κ1) is 17.0. The van der Waals surface area contributed by atoms with Gasteiger partial charge in [-0.15, -0.1) is 0 Å². The normalized spacial score (nSPS) is 18.3. The Morgan fingerprint density at radius 1 is 1.07 bits per heavy atom. The standard InChI is InChI=1S/C23H24N4O/c28-23(25-19-11-13-26-16-24-15-21(26)14-19)18-7-9-20(10-8-18)27-12-3-5-17-4-1-2-6-22(17)27/h1-2,4,6-10,15-16,19H,3,5,11-14H2,(H,25,28). The van der Waals surface area contributed by atoms with Gasteiger partial charge < -0.3 is 14.8 Å². The minimum atomic E-state index is 0.00330. The zero-order chi connectivity index (χ0) is 18.9. The van der Waals surface area contributed by atoms with Crippen molar-refractivity contribution in [1.82, 2.24) is 14.9 Å². The van der Waals surface area contributed by atoms with Gasteiger partial charge in [0.1, 0.15) is 0 Å². The van der Waals surface area contributed by atoms with E-state index in [0.29, 0.717) is 5.56 Å². The average Bonchev–Trinajstić information content (AvgIpc) is 3.21. The van der Waals surface area contributed by atoms with E-state index >= 15 is 0 Å². The molecule has 2 aromatic carbocycles. The number of rotatable bonds is 3. The zero-order valence-electron chi connectivity index (χ0n) is 15.8. The molecule has 2 aliphatic rings. The second kappa shape index (κ2) is 7.15. The molecule has 28 heavy (non-hydrogen) atoms. The fraction of sp³-hybridized carbons (Fsp3) is 0.304. The summed E-state index contributed by atoms with van der Waals surface area (Å²) in [4.78, 5) is 19.2. The zero-order valence-corrected chi connectivity index (χ0v) is 15.8. The van der Waals surface area contributed by atoms with Gasteiger partial charge in [0.2, 0.25) is 0 Å². The average molecular weight is 372 g/mol. The van der Waals surface area contributed by atoms with Crippen molar-refractivity contribution in [3.05, 3.63) is 77.9 Å². The molecule has 3 aromatic rings. The third kappa shape index (κ3) is 3.17. The largest absolute Gasteiger partial charge is 0.349 e. The molecular formula is C23H24N4O. The van der Waals surface area contributed by atoms with Crippen molar-refractivity contribution < 1.29 is 4.79 Å². The lowest BCUT2D eigenvalue weighted by Gasteiger charge is -2.31. The molecule has 5 rings (SSSR count). The maximum absolute atomic E-state index is 12.7. The lowest BCUT2D eigenvalue weighted by molar-refractivity contribution is 0.0931. The lowest BCUT2D eigenvalue weighted by Crippen LogP contribution is -2.39. The number of carbonyl (C=O) groups excluding carboxylic acids is 1. The number of hydrogen-bond acceptors (Lipinski definition) is 3.